The van der Waals surface area contributed by atoms with Crippen LogP contribution in [-0.2, 0) is 25.7 Å². The van der Waals surface area contributed by atoms with Gasteiger partial charge in [-0.25, -0.2) is 9.59 Å². The number of benzene rings is 1. The van der Waals surface area contributed by atoms with E-state index in [1.165, 1.54) is 6.92 Å². The van der Waals surface area contributed by atoms with E-state index in [1.807, 2.05) is 6.07 Å². The van der Waals surface area contributed by atoms with Crippen LogP contribution < -0.4 is 16.4 Å². The molecule has 0 aliphatic heterocycles. The summed E-state index contributed by atoms with van der Waals surface area (Å²) in [5, 5.41) is 13.6. The first-order valence-corrected chi connectivity index (χ1v) is 7.58. The number of aliphatic carboxylic acids is 1. The minimum atomic E-state index is -1.30. The summed E-state index contributed by atoms with van der Waals surface area (Å²) in [5.74, 6) is -2.68. The molecular formula is C16H21N3O6. The molecule has 136 valence electrons. The Bertz CT molecular complexity index is 620. The fraction of sp³-hybridized carbons (Fsp3) is 0.375. The first-order chi connectivity index (χ1) is 11.8. The second-order valence-corrected chi connectivity index (χ2v) is 5.33. The lowest BCUT2D eigenvalue weighted by Crippen LogP contribution is -2.50. The lowest BCUT2D eigenvalue weighted by molar-refractivity contribution is -0.142. The molecule has 0 bridgehead atoms. The van der Waals surface area contributed by atoms with Crippen LogP contribution in [0.4, 0.5) is 4.79 Å². The standard InChI is InChI=1S/C16H21N3O6/c1-10(14(21)19-12(15(22)23)7-8-13(17)20)18-16(24)25-9-11-5-3-2-4-6-11/h2-6,10,12H,7-9H2,1H3,(H2,17,20)(H,18,24)(H,19,21)(H,22,23)/t10-,12+/m1/s1. The van der Waals surface area contributed by atoms with Gasteiger partial charge in [0.05, 0.1) is 0 Å². The van der Waals surface area contributed by atoms with E-state index in [2.05, 4.69) is 10.6 Å². The number of carboxylic acid groups (broad SMARTS) is 1. The normalized spacial score (nSPS) is 12.5. The predicted octanol–water partition coefficient (Wildman–Crippen LogP) is 0.136. The summed E-state index contributed by atoms with van der Waals surface area (Å²) >= 11 is 0. The van der Waals surface area contributed by atoms with E-state index < -0.39 is 36.0 Å². The molecule has 0 saturated carbocycles. The molecule has 9 heteroatoms. The molecule has 0 aromatic heterocycles. The van der Waals surface area contributed by atoms with E-state index in [0.717, 1.165) is 5.56 Å². The van der Waals surface area contributed by atoms with Gasteiger partial charge in [0.15, 0.2) is 0 Å². The van der Waals surface area contributed by atoms with Crippen molar-refractivity contribution in [2.24, 2.45) is 5.73 Å². The fourth-order valence-electron chi connectivity index (χ4n) is 1.85. The Labute approximate surface area is 144 Å². The molecule has 1 rings (SSSR count). The van der Waals surface area contributed by atoms with Crippen LogP contribution in [0.3, 0.4) is 0 Å². The van der Waals surface area contributed by atoms with Gasteiger partial charge in [-0.15, -0.1) is 0 Å². The zero-order valence-electron chi connectivity index (χ0n) is 13.7. The third-order valence-corrected chi connectivity index (χ3v) is 3.23. The molecule has 3 amide bonds. The Morgan fingerprint density at radius 2 is 1.80 bits per heavy atom. The number of rotatable bonds is 9. The number of amides is 3. The number of carboxylic acids is 1. The van der Waals surface area contributed by atoms with Crippen molar-refractivity contribution in [3.05, 3.63) is 35.9 Å². The molecule has 0 fully saturated rings. The van der Waals surface area contributed by atoms with Crippen LogP contribution in [0.2, 0.25) is 0 Å². The van der Waals surface area contributed by atoms with Gasteiger partial charge in [0.25, 0.3) is 0 Å². The topological polar surface area (TPSA) is 148 Å². The molecule has 2 atom stereocenters. The highest BCUT2D eigenvalue weighted by Crippen LogP contribution is 2.01. The van der Waals surface area contributed by atoms with Gasteiger partial charge in [0.1, 0.15) is 18.7 Å². The largest absolute Gasteiger partial charge is 0.480 e. The predicted molar refractivity (Wildman–Crippen MR) is 87.2 cm³/mol. The summed E-state index contributed by atoms with van der Waals surface area (Å²) in [4.78, 5) is 45.4. The maximum Gasteiger partial charge on any atom is 0.408 e. The number of primary amides is 1. The van der Waals surface area contributed by atoms with Crippen LogP contribution in [0.1, 0.15) is 25.3 Å². The highest BCUT2D eigenvalue weighted by molar-refractivity contribution is 5.89. The van der Waals surface area contributed by atoms with Gasteiger partial charge in [-0.05, 0) is 18.9 Å². The third-order valence-electron chi connectivity index (χ3n) is 3.23. The molecule has 1 aromatic rings. The Hall–Kier alpha value is -3.10. The smallest absolute Gasteiger partial charge is 0.408 e. The maximum atomic E-state index is 12.0. The summed E-state index contributed by atoms with van der Waals surface area (Å²) in [5.41, 5.74) is 5.74. The second kappa shape index (κ2) is 9.91. The highest BCUT2D eigenvalue weighted by atomic mass is 16.5. The number of alkyl carbamates (subject to hydrolysis) is 1. The van der Waals surface area contributed by atoms with E-state index in [1.54, 1.807) is 24.3 Å². The molecule has 0 aliphatic carbocycles. The second-order valence-electron chi connectivity index (χ2n) is 5.33. The number of carbonyl (C=O) groups excluding carboxylic acids is 3. The van der Waals surface area contributed by atoms with E-state index >= 15 is 0 Å². The van der Waals surface area contributed by atoms with Crippen molar-refractivity contribution in [1.82, 2.24) is 10.6 Å². The Balaban J connectivity index is 2.44. The van der Waals surface area contributed by atoms with Crippen molar-refractivity contribution in [2.75, 3.05) is 0 Å². The molecule has 0 aliphatic rings. The maximum absolute atomic E-state index is 12.0. The van der Waals surface area contributed by atoms with Crippen molar-refractivity contribution >= 4 is 23.9 Å². The molecule has 0 radical (unpaired) electrons. The monoisotopic (exact) mass is 351 g/mol. The number of nitrogens with one attached hydrogen (secondary N) is 2. The highest BCUT2D eigenvalue weighted by Gasteiger charge is 2.24. The number of ether oxygens (including phenoxy) is 1. The zero-order chi connectivity index (χ0) is 18.8. The van der Waals surface area contributed by atoms with Crippen molar-refractivity contribution in [2.45, 2.75) is 38.5 Å². The lowest BCUT2D eigenvalue weighted by Gasteiger charge is -2.18. The van der Waals surface area contributed by atoms with Gasteiger partial charge >= 0.3 is 12.1 Å². The van der Waals surface area contributed by atoms with Gasteiger partial charge < -0.3 is 26.2 Å². The SMILES string of the molecule is C[C@@H](NC(=O)OCc1ccccc1)C(=O)N[C@@H](CCC(N)=O)C(=O)O. The number of hydrogen-bond donors (Lipinski definition) is 4. The number of hydrogen-bond acceptors (Lipinski definition) is 5. The van der Waals surface area contributed by atoms with E-state index in [-0.39, 0.29) is 19.4 Å². The van der Waals surface area contributed by atoms with E-state index in [9.17, 15) is 19.2 Å². The molecule has 9 nitrogen and oxygen atoms in total. The number of nitrogens with two attached hydrogens (primary N) is 1. The Morgan fingerprint density at radius 3 is 2.36 bits per heavy atom. The van der Waals surface area contributed by atoms with Gasteiger partial charge in [-0.2, -0.15) is 0 Å². The van der Waals surface area contributed by atoms with E-state index in [4.69, 9.17) is 15.6 Å². The zero-order valence-corrected chi connectivity index (χ0v) is 13.7. The summed E-state index contributed by atoms with van der Waals surface area (Å²) in [6, 6.07) is 6.69. The average Bonchev–Trinajstić information content (AvgIpc) is 2.56. The van der Waals surface area contributed by atoms with Gasteiger partial charge in [0.2, 0.25) is 11.8 Å². The van der Waals surface area contributed by atoms with Gasteiger partial charge in [0, 0.05) is 6.42 Å². The summed E-state index contributed by atoms with van der Waals surface area (Å²) in [6.45, 7) is 1.42. The molecule has 1 aromatic carbocycles. The molecule has 0 spiro atoms. The van der Waals surface area contributed by atoms with Crippen molar-refractivity contribution in [1.29, 1.82) is 0 Å². The van der Waals surface area contributed by atoms with Crippen molar-refractivity contribution < 1.29 is 29.0 Å². The quantitative estimate of drug-likeness (QED) is 0.497. The van der Waals surface area contributed by atoms with Crippen LogP contribution >= 0.6 is 0 Å². The molecule has 0 unspecified atom stereocenters. The lowest BCUT2D eigenvalue weighted by atomic mass is 10.1. The summed E-state index contributed by atoms with van der Waals surface area (Å²) in [7, 11) is 0. The first-order valence-electron chi connectivity index (χ1n) is 7.58. The minimum Gasteiger partial charge on any atom is -0.480 e. The molecule has 0 saturated heterocycles. The van der Waals surface area contributed by atoms with Gasteiger partial charge in [-0.1, -0.05) is 30.3 Å². The Kier molecular flexibility index (Phi) is 7.91. The Morgan fingerprint density at radius 1 is 1.16 bits per heavy atom. The van der Waals surface area contributed by atoms with Crippen molar-refractivity contribution in [3.8, 4) is 0 Å². The van der Waals surface area contributed by atoms with Crippen LogP contribution in [0.25, 0.3) is 0 Å². The third kappa shape index (κ3) is 7.82. The van der Waals surface area contributed by atoms with Crippen molar-refractivity contribution in [3.63, 3.8) is 0 Å². The average molecular weight is 351 g/mol. The van der Waals surface area contributed by atoms with Crippen LogP contribution in [0.5, 0.6) is 0 Å². The molecule has 5 N–H and O–H groups in total. The summed E-state index contributed by atoms with van der Waals surface area (Å²) in [6.07, 6.45) is -1.13. The van der Waals surface area contributed by atoms with Gasteiger partial charge in [-0.3, -0.25) is 9.59 Å². The van der Waals surface area contributed by atoms with Crippen LogP contribution in [-0.4, -0.2) is 41.1 Å². The van der Waals surface area contributed by atoms with Crippen LogP contribution in [0.15, 0.2) is 30.3 Å². The van der Waals surface area contributed by atoms with Crippen LogP contribution in [0, 0.1) is 0 Å². The molecule has 25 heavy (non-hydrogen) atoms. The fourth-order valence-corrected chi connectivity index (χ4v) is 1.85. The number of carbonyl (C=O) groups is 4. The minimum absolute atomic E-state index is 0.0391. The van der Waals surface area contributed by atoms with E-state index in [0.29, 0.717) is 0 Å². The summed E-state index contributed by atoms with van der Waals surface area (Å²) < 4.78 is 4.97. The first kappa shape index (κ1) is 19.9. The molecular weight excluding hydrogens is 330 g/mol. The molecule has 0 heterocycles.